The summed E-state index contributed by atoms with van der Waals surface area (Å²) < 4.78 is 40.4. The largest absolute Gasteiger partial charge is 0.493 e. The van der Waals surface area contributed by atoms with Crippen LogP contribution in [0.25, 0.3) is 0 Å². The van der Waals surface area contributed by atoms with Crippen LogP contribution in [0.3, 0.4) is 0 Å². The second kappa shape index (κ2) is 14.2. The summed E-state index contributed by atoms with van der Waals surface area (Å²) in [5.41, 5.74) is -0.0879. The van der Waals surface area contributed by atoms with Gasteiger partial charge in [0.05, 0.1) is 13.0 Å². The molecule has 11 heteroatoms. The number of ether oxygens (including phenoxy) is 5. The molecule has 2 rings (SSSR count). The van der Waals surface area contributed by atoms with Gasteiger partial charge in [-0.2, -0.15) is 0 Å². The highest BCUT2D eigenvalue weighted by atomic mass is 35.5. The maximum atomic E-state index is 13.7. The van der Waals surface area contributed by atoms with Crippen molar-refractivity contribution in [2.24, 2.45) is 5.92 Å². The summed E-state index contributed by atoms with van der Waals surface area (Å²) in [6.45, 7) is 7.59. The molecule has 0 bridgehead atoms. The Morgan fingerprint density at radius 2 is 1.95 bits per heavy atom. The van der Waals surface area contributed by atoms with Crippen LogP contribution in [0.1, 0.15) is 44.1 Å². The number of Topliss-reactive ketones (excluding diaryl/α,β-unsaturated/α-hetero) is 1. The van der Waals surface area contributed by atoms with E-state index in [4.69, 9.17) is 35.3 Å². The van der Waals surface area contributed by atoms with Gasteiger partial charge in [-0.05, 0) is 19.1 Å². The highest BCUT2D eigenvalue weighted by Crippen LogP contribution is 2.31. The summed E-state index contributed by atoms with van der Waals surface area (Å²) in [7, 11) is 1.38. The van der Waals surface area contributed by atoms with Crippen molar-refractivity contribution in [3.63, 3.8) is 0 Å². The molecule has 0 aliphatic carbocycles. The third-order valence-corrected chi connectivity index (χ3v) is 5.28. The fourth-order valence-corrected chi connectivity index (χ4v) is 3.42. The number of halogens is 2. The number of aromatic nitrogens is 1. The van der Waals surface area contributed by atoms with E-state index >= 15 is 0 Å². The fourth-order valence-electron chi connectivity index (χ4n) is 3.21. The zero-order chi connectivity index (χ0) is 27.5. The van der Waals surface area contributed by atoms with E-state index in [2.05, 4.69) is 11.6 Å². The van der Waals surface area contributed by atoms with Gasteiger partial charge in [-0.15, -0.1) is 6.58 Å². The topological polar surface area (TPSA) is 110 Å². The van der Waals surface area contributed by atoms with Gasteiger partial charge in [-0.1, -0.05) is 24.6 Å². The zero-order valence-corrected chi connectivity index (χ0v) is 21.7. The number of nitrogens with zero attached hydrogens (tertiary/aromatic N) is 1. The molecule has 200 valence electrons. The minimum atomic E-state index is -0.850. The number of carbonyl (C=O) groups is 3. The second-order valence-electron chi connectivity index (χ2n) is 8.05. The minimum absolute atomic E-state index is 0.0154. The molecule has 0 aliphatic rings. The molecule has 0 amide bonds. The lowest BCUT2D eigenvalue weighted by molar-refractivity contribution is -0.157. The van der Waals surface area contributed by atoms with E-state index in [0.29, 0.717) is 6.42 Å². The predicted molar refractivity (Wildman–Crippen MR) is 132 cm³/mol. The van der Waals surface area contributed by atoms with Crippen molar-refractivity contribution in [2.75, 3.05) is 13.9 Å². The second-order valence-corrected chi connectivity index (χ2v) is 8.48. The maximum absolute atomic E-state index is 13.7. The summed E-state index contributed by atoms with van der Waals surface area (Å²) in [5.74, 6) is -2.79. The van der Waals surface area contributed by atoms with Gasteiger partial charge in [0.2, 0.25) is 6.79 Å². The number of hydrogen-bond acceptors (Lipinski definition) is 9. The van der Waals surface area contributed by atoms with Crippen molar-refractivity contribution in [3.05, 3.63) is 59.7 Å². The maximum Gasteiger partial charge on any atom is 0.309 e. The number of carbonyl (C=O) groups excluding carboxylic acids is 3. The summed E-state index contributed by atoms with van der Waals surface area (Å²) >= 11 is 5.89. The van der Waals surface area contributed by atoms with Crippen molar-refractivity contribution < 1.29 is 42.5 Å². The third kappa shape index (κ3) is 9.05. The average molecular weight is 538 g/mol. The van der Waals surface area contributed by atoms with E-state index in [0.717, 1.165) is 6.07 Å². The van der Waals surface area contributed by atoms with Crippen LogP contribution >= 0.6 is 11.6 Å². The van der Waals surface area contributed by atoms with E-state index in [1.807, 2.05) is 0 Å². The van der Waals surface area contributed by atoms with Crippen molar-refractivity contribution in [2.45, 2.75) is 45.8 Å². The third-order valence-electron chi connectivity index (χ3n) is 5.06. The summed E-state index contributed by atoms with van der Waals surface area (Å²) in [4.78, 5) is 40.8. The van der Waals surface area contributed by atoms with Crippen molar-refractivity contribution in [1.29, 1.82) is 0 Å². The summed E-state index contributed by atoms with van der Waals surface area (Å²) in [5, 5.41) is 0.159. The number of rotatable bonds is 14. The molecule has 0 N–H and O–H groups in total. The Morgan fingerprint density at radius 3 is 2.57 bits per heavy atom. The first-order valence-corrected chi connectivity index (χ1v) is 11.7. The monoisotopic (exact) mass is 537 g/mol. The molecule has 1 heterocycles. The fraction of sp³-hybridized carbons (Fsp3) is 0.385. The first kappa shape index (κ1) is 29.6. The molecular weight excluding hydrogens is 509 g/mol. The lowest BCUT2D eigenvalue weighted by Crippen LogP contribution is -2.35. The van der Waals surface area contributed by atoms with Crippen molar-refractivity contribution in [1.82, 2.24) is 4.98 Å². The Morgan fingerprint density at radius 1 is 1.22 bits per heavy atom. The normalized spacial score (nSPS) is 13.0. The molecule has 0 fully saturated rings. The van der Waals surface area contributed by atoms with Crippen LogP contribution in [-0.4, -0.2) is 48.8 Å². The van der Waals surface area contributed by atoms with Crippen LogP contribution in [0.4, 0.5) is 4.39 Å². The van der Waals surface area contributed by atoms with E-state index < -0.39 is 48.5 Å². The van der Waals surface area contributed by atoms with Crippen LogP contribution in [-0.2, 0) is 19.1 Å². The molecule has 3 atom stereocenters. The zero-order valence-electron chi connectivity index (χ0n) is 21.0. The van der Waals surface area contributed by atoms with Gasteiger partial charge in [0.25, 0.3) is 0 Å². The molecule has 0 spiro atoms. The standard InChI is InChI=1S/C26H29ClFNO8/c1-6-7-22(37-20-12-18(27)11-19(28)13-20)16(3)36-26(32)15(2)10-21(31)24-25(35-14-34-17(4)30)23(33-5)8-9-29-24/h6,8-9,11-13,15-16,22H,1,7,10,14H2,2-5H3/t15-,16+,22-/m1/s1. The van der Waals surface area contributed by atoms with E-state index in [1.165, 1.54) is 45.4 Å². The van der Waals surface area contributed by atoms with Crippen LogP contribution in [0.15, 0.2) is 43.1 Å². The van der Waals surface area contributed by atoms with Crippen LogP contribution in [0.2, 0.25) is 5.02 Å². The average Bonchev–Trinajstić information content (AvgIpc) is 2.82. The number of esters is 2. The molecule has 0 aliphatic heterocycles. The Balaban J connectivity index is 2.08. The Bertz CT molecular complexity index is 1110. The van der Waals surface area contributed by atoms with Crippen LogP contribution in [0.5, 0.6) is 17.2 Å². The molecule has 37 heavy (non-hydrogen) atoms. The van der Waals surface area contributed by atoms with E-state index in [-0.39, 0.29) is 34.4 Å². The van der Waals surface area contributed by atoms with E-state index in [1.54, 1.807) is 13.0 Å². The highest BCUT2D eigenvalue weighted by molar-refractivity contribution is 6.30. The molecular formula is C26H29ClFNO8. The predicted octanol–water partition coefficient (Wildman–Crippen LogP) is 4.95. The molecule has 2 aromatic rings. The molecule has 1 aromatic heterocycles. The molecule has 0 unspecified atom stereocenters. The molecule has 0 radical (unpaired) electrons. The molecule has 0 saturated carbocycles. The lowest BCUT2D eigenvalue weighted by atomic mass is 10.0. The van der Waals surface area contributed by atoms with Gasteiger partial charge in [-0.25, -0.2) is 9.37 Å². The number of methoxy groups -OCH3 is 1. The van der Waals surface area contributed by atoms with Crippen LogP contribution < -0.4 is 14.2 Å². The SMILES string of the molecule is C=CC[C@@H](Oc1cc(F)cc(Cl)c1)[C@H](C)OC(=O)[C@H](C)CC(=O)c1nccc(OC)c1OCOC(C)=O. The Hall–Kier alpha value is -3.66. The first-order valence-electron chi connectivity index (χ1n) is 11.3. The van der Waals surface area contributed by atoms with Gasteiger partial charge in [0.15, 0.2) is 23.0 Å². The number of hydrogen-bond donors (Lipinski definition) is 0. The minimum Gasteiger partial charge on any atom is -0.493 e. The van der Waals surface area contributed by atoms with E-state index in [9.17, 15) is 18.8 Å². The number of pyridine rings is 1. The summed E-state index contributed by atoms with van der Waals surface area (Å²) in [6.07, 6.45) is 1.54. The van der Waals surface area contributed by atoms with Gasteiger partial charge in [0.1, 0.15) is 23.8 Å². The molecule has 0 saturated heterocycles. The lowest BCUT2D eigenvalue weighted by Gasteiger charge is -2.25. The molecule has 1 aromatic carbocycles. The number of benzene rings is 1. The van der Waals surface area contributed by atoms with Crippen molar-refractivity contribution >= 4 is 29.3 Å². The van der Waals surface area contributed by atoms with Crippen LogP contribution in [0, 0.1) is 11.7 Å². The Labute approximate surface area is 219 Å². The first-order chi connectivity index (χ1) is 17.5. The smallest absolute Gasteiger partial charge is 0.309 e. The quantitative estimate of drug-likeness (QED) is 0.143. The number of ketones is 1. The van der Waals surface area contributed by atoms with Gasteiger partial charge in [-0.3, -0.25) is 14.4 Å². The van der Waals surface area contributed by atoms with Gasteiger partial charge < -0.3 is 23.7 Å². The van der Waals surface area contributed by atoms with Crippen molar-refractivity contribution in [3.8, 4) is 17.2 Å². The Kier molecular flexibility index (Phi) is 11.3. The molecule has 9 nitrogen and oxygen atoms in total. The highest BCUT2D eigenvalue weighted by Gasteiger charge is 2.28. The van der Waals surface area contributed by atoms with Gasteiger partial charge >= 0.3 is 11.9 Å². The summed E-state index contributed by atoms with van der Waals surface area (Å²) in [6, 6.07) is 5.23. The van der Waals surface area contributed by atoms with Gasteiger partial charge in [0, 0.05) is 43.1 Å².